The van der Waals surface area contributed by atoms with E-state index in [1.807, 2.05) is 17.5 Å². The van der Waals surface area contributed by atoms with Crippen molar-refractivity contribution in [2.24, 2.45) is 5.10 Å². The van der Waals surface area contributed by atoms with Crippen molar-refractivity contribution in [3.63, 3.8) is 0 Å². The number of hydrogen-bond donors (Lipinski definition) is 0. The van der Waals surface area contributed by atoms with E-state index in [-0.39, 0.29) is 23.6 Å². The van der Waals surface area contributed by atoms with Gasteiger partial charge in [0, 0.05) is 6.42 Å². The molecule has 0 spiro atoms. The average molecular weight is 323 g/mol. The average Bonchev–Trinajstić information content (AvgIpc) is 3.16. The summed E-state index contributed by atoms with van der Waals surface area (Å²) in [5.74, 6) is -0.678. The molecule has 3 nitrogen and oxygen atoms in total. The largest absolute Gasteiger partial charge is 0.272 e. The molecule has 0 saturated heterocycles. The monoisotopic (exact) mass is 322 g/mol. The van der Waals surface area contributed by atoms with Crippen LogP contribution in [0, 0.1) is 5.82 Å². The van der Waals surface area contributed by atoms with Gasteiger partial charge in [0.05, 0.1) is 16.6 Å². The molecule has 108 valence electrons. The molecule has 1 unspecified atom stereocenters. The molecule has 0 fully saturated rings. The second-order valence-corrected chi connectivity index (χ2v) is 5.88. The number of thiophene rings is 1. The lowest BCUT2D eigenvalue weighted by molar-refractivity contribution is -0.130. The van der Waals surface area contributed by atoms with Crippen molar-refractivity contribution in [3.8, 4) is 0 Å². The third-order valence-corrected chi connectivity index (χ3v) is 4.49. The van der Waals surface area contributed by atoms with Crippen LogP contribution in [-0.2, 0) is 4.79 Å². The lowest BCUT2D eigenvalue weighted by atomic mass is 10.0. The highest BCUT2D eigenvalue weighted by molar-refractivity contribution is 7.12. The van der Waals surface area contributed by atoms with E-state index in [9.17, 15) is 9.18 Å². The first kappa shape index (κ1) is 14.2. The maximum atomic E-state index is 13.1. The number of halogens is 2. The van der Waals surface area contributed by atoms with E-state index in [0.717, 1.165) is 16.2 Å². The Kier molecular flexibility index (Phi) is 4.03. The molecule has 1 atom stereocenters. The maximum Gasteiger partial charge on any atom is 0.258 e. The summed E-state index contributed by atoms with van der Waals surface area (Å²) in [5, 5.41) is 7.80. The molecule has 6 heteroatoms. The molecule has 0 bridgehead atoms. The number of hydrazone groups is 1. The van der Waals surface area contributed by atoms with Crippen LogP contribution in [-0.4, -0.2) is 22.5 Å². The summed E-state index contributed by atoms with van der Waals surface area (Å²) < 4.78 is 13.1. The Morgan fingerprint density at radius 2 is 2.14 bits per heavy atom. The van der Waals surface area contributed by atoms with Gasteiger partial charge in [-0.3, -0.25) is 4.79 Å². The van der Waals surface area contributed by atoms with Gasteiger partial charge in [-0.2, -0.15) is 5.10 Å². The van der Waals surface area contributed by atoms with E-state index < -0.39 is 0 Å². The minimum absolute atomic E-state index is 0.126. The summed E-state index contributed by atoms with van der Waals surface area (Å²) >= 11 is 7.24. The summed E-state index contributed by atoms with van der Waals surface area (Å²) in [5.41, 5.74) is 1.71. The van der Waals surface area contributed by atoms with Crippen LogP contribution in [0.3, 0.4) is 0 Å². The van der Waals surface area contributed by atoms with Crippen LogP contribution < -0.4 is 0 Å². The van der Waals surface area contributed by atoms with Gasteiger partial charge in [-0.25, -0.2) is 9.40 Å². The number of amides is 1. The maximum absolute atomic E-state index is 13.1. The Balaban J connectivity index is 1.93. The molecule has 0 aliphatic carbocycles. The zero-order valence-electron chi connectivity index (χ0n) is 11.0. The van der Waals surface area contributed by atoms with E-state index in [0.29, 0.717) is 6.42 Å². The minimum atomic E-state index is -0.300. The van der Waals surface area contributed by atoms with E-state index in [4.69, 9.17) is 11.6 Å². The fourth-order valence-electron chi connectivity index (χ4n) is 2.34. The standard InChI is InChI=1S/C15H12ClFN2OS/c16-9-15(20)19-13(10-3-5-11(17)6-4-10)8-12(18-19)14-2-1-7-21-14/h1-7,13H,8-9H2. The van der Waals surface area contributed by atoms with Crippen molar-refractivity contribution in [2.75, 3.05) is 5.88 Å². The molecule has 0 N–H and O–H groups in total. The Bertz CT molecular complexity index is 669. The summed E-state index contributed by atoms with van der Waals surface area (Å²) in [6.07, 6.45) is 0.606. The van der Waals surface area contributed by atoms with Crippen LogP contribution in [0.25, 0.3) is 0 Å². The summed E-state index contributed by atoms with van der Waals surface area (Å²) in [6, 6.07) is 9.84. The van der Waals surface area contributed by atoms with Crippen LogP contribution in [0.4, 0.5) is 4.39 Å². The fourth-order valence-corrected chi connectivity index (χ4v) is 3.18. The number of hydrogen-bond acceptors (Lipinski definition) is 3. The highest BCUT2D eigenvalue weighted by Gasteiger charge is 2.32. The van der Waals surface area contributed by atoms with Gasteiger partial charge in [0.15, 0.2) is 0 Å². The Morgan fingerprint density at radius 1 is 1.38 bits per heavy atom. The summed E-state index contributed by atoms with van der Waals surface area (Å²) in [6.45, 7) is 0. The number of rotatable bonds is 3. The third kappa shape index (κ3) is 2.84. The molecule has 1 aromatic heterocycles. The second kappa shape index (κ2) is 5.95. The number of alkyl halides is 1. The van der Waals surface area contributed by atoms with Crippen molar-refractivity contribution in [1.82, 2.24) is 5.01 Å². The Morgan fingerprint density at radius 3 is 2.76 bits per heavy atom. The number of benzene rings is 1. The zero-order chi connectivity index (χ0) is 14.8. The first-order valence-electron chi connectivity index (χ1n) is 6.44. The molecule has 2 aromatic rings. The quantitative estimate of drug-likeness (QED) is 0.791. The molecule has 1 aromatic carbocycles. The third-order valence-electron chi connectivity index (χ3n) is 3.34. The highest BCUT2D eigenvalue weighted by atomic mass is 35.5. The first-order valence-corrected chi connectivity index (χ1v) is 7.85. The summed E-state index contributed by atoms with van der Waals surface area (Å²) in [7, 11) is 0. The second-order valence-electron chi connectivity index (χ2n) is 4.67. The SMILES string of the molecule is O=C(CCl)N1N=C(c2cccs2)CC1c1ccc(F)cc1. The van der Waals surface area contributed by atoms with Gasteiger partial charge in [-0.05, 0) is 29.1 Å². The number of carbonyl (C=O) groups is 1. The zero-order valence-corrected chi connectivity index (χ0v) is 12.6. The molecule has 1 aliphatic heterocycles. The highest BCUT2D eigenvalue weighted by Crippen LogP contribution is 2.33. The number of carbonyl (C=O) groups excluding carboxylic acids is 1. The fraction of sp³-hybridized carbons (Fsp3) is 0.200. The van der Waals surface area contributed by atoms with Crippen molar-refractivity contribution >= 4 is 34.6 Å². The van der Waals surface area contributed by atoms with Gasteiger partial charge in [-0.1, -0.05) is 18.2 Å². The molecular weight excluding hydrogens is 311 g/mol. The van der Waals surface area contributed by atoms with E-state index in [1.54, 1.807) is 23.5 Å². The van der Waals surface area contributed by atoms with Gasteiger partial charge >= 0.3 is 0 Å². The topological polar surface area (TPSA) is 32.7 Å². The van der Waals surface area contributed by atoms with Gasteiger partial charge in [-0.15, -0.1) is 22.9 Å². The predicted octanol–water partition coefficient (Wildman–Crippen LogP) is 3.80. The predicted molar refractivity (Wildman–Crippen MR) is 82.2 cm³/mol. The molecule has 2 heterocycles. The van der Waals surface area contributed by atoms with Gasteiger partial charge in [0.1, 0.15) is 11.7 Å². The van der Waals surface area contributed by atoms with Crippen molar-refractivity contribution in [1.29, 1.82) is 0 Å². The normalized spacial score (nSPS) is 17.9. The van der Waals surface area contributed by atoms with E-state index >= 15 is 0 Å². The van der Waals surface area contributed by atoms with Crippen molar-refractivity contribution in [3.05, 3.63) is 58.0 Å². The molecular formula is C15H12ClFN2OS. The number of nitrogens with zero attached hydrogens (tertiary/aromatic N) is 2. The molecule has 3 rings (SSSR count). The molecule has 21 heavy (non-hydrogen) atoms. The van der Waals surface area contributed by atoms with Gasteiger partial charge in [0.2, 0.25) is 0 Å². The van der Waals surface area contributed by atoms with Gasteiger partial charge < -0.3 is 0 Å². The van der Waals surface area contributed by atoms with Gasteiger partial charge in [0.25, 0.3) is 5.91 Å². The molecule has 1 amide bonds. The van der Waals surface area contributed by atoms with Crippen LogP contribution in [0.5, 0.6) is 0 Å². The lowest BCUT2D eigenvalue weighted by Crippen LogP contribution is -2.27. The smallest absolute Gasteiger partial charge is 0.258 e. The molecule has 0 radical (unpaired) electrons. The van der Waals surface area contributed by atoms with Crippen LogP contribution in [0.15, 0.2) is 46.9 Å². The molecule has 0 saturated carbocycles. The van der Waals surface area contributed by atoms with Crippen molar-refractivity contribution < 1.29 is 9.18 Å². The molecule has 1 aliphatic rings. The van der Waals surface area contributed by atoms with Crippen LogP contribution in [0.1, 0.15) is 22.9 Å². The summed E-state index contributed by atoms with van der Waals surface area (Å²) in [4.78, 5) is 13.0. The Hall–Kier alpha value is -1.72. The Labute approximate surface area is 130 Å². The van der Waals surface area contributed by atoms with Crippen LogP contribution in [0.2, 0.25) is 0 Å². The van der Waals surface area contributed by atoms with E-state index in [1.165, 1.54) is 17.1 Å². The lowest BCUT2D eigenvalue weighted by Gasteiger charge is -2.21. The van der Waals surface area contributed by atoms with E-state index in [2.05, 4.69) is 5.10 Å². The van der Waals surface area contributed by atoms with Crippen LogP contribution >= 0.6 is 22.9 Å². The first-order chi connectivity index (χ1) is 10.2. The van der Waals surface area contributed by atoms with Crippen molar-refractivity contribution in [2.45, 2.75) is 12.5 Å². The minimum Gasteiger partial charge on any atom is -0.272 e.